The number of quaternary nitrogens is 1. The second-order valence-corrected chi connectivity index (χ2v) is 4.34. The van der Waals surface area contributed by atoms with Crippen LogP contribution in [0.15, 0.2) is 6.07 Å². The fourth-order valence-corrected chi connectivity index (χ4v) is 2.17. The van der Waals surface area contributed by atoms with Gasteiger partial charge in [0.25, 0.3) is 0 Å². The number of likely N-dealkylation sites (tertiary alicyclic amines) is 1. The summed E-state index contributed by atoms with van der Waals surface area (Å²) in [5, 5.41) is 4.44. The highest BCUT2D eigenvalue weighted by molar-refractivity contribution is 5.30. The normalized spacial score (nSPS) is 27.9. The molecule has 1 fully saturated rings. The van der Waals surface area contributed by atoms with Gasteiger partial charge in [0.05, 0.1) is 31.9 Å². The Labute approximate surface area is 84.7 Å². The van der Waals surface area contributed by atoms with Crippen LogP contribution in [0, 0.1) is 6.92 Å². The molecule has 2 rings (SSSR count). The number of aryl methyl sites for hydroxylation is 1. The van der Waals surface area contributed by atoms with Crippen molar-refractivity contribution in [1.82, 2.24) is 9.78 Å². The minimum atomic E-state index is 0.521. The average Bonchev–Trinajstić information content (AvgIpc) is 2.47. The molecule has 0 bridgehead atoms. The molecule has 0 amide bonds. The molecule has 0 aromatic carbocycles. The van der Waals surface area contributed by atoms with Crippen molar-refractivity contribution in [3.8, 4) is 0 Å². The lowest BCUT2D eigenvalue weighted by Gasteiger charge is -2.27. The zero-order chi connectivity index (χ0) is 10.1. The van der Waals surface area contributed by atoms with Crippen LogP contribution in [0.4, 0.5) is 5.82 Å². The maximum atomic E-state index is 5.90. The van der Waals surface area contributed by atoms with E-state index < -0.39 is 0 Å². The maximum Gasteiger partial charge on any atom is 0.122 e. The Morgan fingerprint density at radius 2 is 2.14 bits per heavy atom. The molecule has 0 unspecified atom stereocenters. The molecule has 4 heteroatoms. The summed E-state index contributed by atoms with van der Waals surface area (Å²) < 4.78 is 2.00. The minimum absolute atomic E-state index is 0.521. The van der Waals surface area contributed by atoms with Crippen LogP contribution in [0.25, 0.3) is 0 Å². The Morgan fingerprint density at radius 3 is 2.64 bits per heavy atom. The number of aromatic nitrogens is 2. The summed E-state index contributed by atoms with van der Waals surface area (Å²) in [6.07, 6.45) is 2.38. The zero-order valence-corrected chi connectivity index (χ0v) is 8.95. The molecule has 0 radical (unpaired) electrons. The first-order valence-electron chi connectivity index (χ1n) is 5.30. The van der Waals surface area contributed by atoms with Crippen molar-refractivity contribution in [3.63, 3.8) is 0 Å². The van der Waals surface area contributed by atoms with Gasteiger partial charge in [0.2, 0.25) is 0 Å². The van der Waals surface area contributed by atoms with E-state index in [1.165, 1.54) is 25.9 Å². The van der Waals surface area contributed by atoms with Gasteiger partial charge in [-0.05, 0) is 6.92 Å². The second-order valence-electron chi connectivity index (χ2n) is 4.34. The lowest BCUT2D eigenvalue weighted by Crippen LogP contribution is -3.10. The Bertz CT molecular complexity index is 310. The van der Waals surface area contributed by atoms with Crippen molar-refractivity contribution in [1.29, 1.82) is 0 Å². The molecule has 0 atom stereocenters. The first-order chi connectivity index (χ1) is 6.66. The second kappa shape index (κ2) is 3.61. The minimum Gasteiger partial charge on any atom is -0.384 e. The van der Waals surface area contributed by atoms with Gasteiger partial charge in [0.15, 0.2) is 0 Å². The Hall–Kier alpha value is -1.03. The van der Waals surface area contributed by atoms with Gasteiger partial charge in [-0.2, -0.15) is 5.10 Å². The molecule has 2 heterocycles. The Morgan fingerprint density at radius 1 is 1.50 bits per heavy atom. The first kappa shape index (κ1) is 9.52. The monoisotopic (exact) mass is 195 g/mol. The van der Waals surface area contributed by atoms with E-state index in [0.717, 1.165) is 11.5 Å². The summed E-state index contributed by atoms with van der Waals surface area (Å²) in [6.45, 7) is 4.44. The van der Waals surface area contributed by atoms with Crippen molar-refractivity contribution in [2.24, 2.45) is 0 Å². The van der Waals surface area contributed by atoms with Crippen LogP contribution < -0.4 is 10.6 Å². The summed E-state index contributed by atoms with van der Waals surface area (Å²) >= 11 is 0. The van der Waals surface area contributed by atoms with Gasteiger partial charge in [0, 0.05) is 18.9 Å². The SMILES string of the molecule is Cc1cc(N)n(C2CC[NH+](C)CC2)n1. The highest BCUT2D eigenvalue weighted by Gasteiger charge is 2.22. The van der Waals surface area contributed by atoms with Crippen molar-refractivity contribution in [2.45, 2.75) is 25.8 Å². The van der Waals surface area contributed by atoms with E-state index in [2.05, 4.69) is 12.1 Å². The van der Waals surface area contributed by atoms with Gasteiger partial charge in [-0.25, -0.2) is 4.68 Å². The van der Waals surface area contributed by atoms with E-state index in [-0.39, 0.29) is 0 Å². The predicted molar refractivity (Wildman–Crippen MR) is 56.3 cm³/mol. The molecule has 0 spiro atoms. The molecule has 1 saturated heterocycles. The van der Waals surface area contributed by atoms with Gasteiger partial charge < -0.3 is 10.6 Å². The molecule has 4 nitrogen and oxygen atoms in total. The van der Waals surface area contributed by atoms with Crippen LogP contribution in [0.2, 0.25) is 0 Å². The van der Waals surface area contributed by atoms with E-state index in [9.17, 15) is 0 Å². The zero-order valence-electron chi connectivity index (χ0n) is 8.95. The first-order valence-corrected chi connectivity index (χ1v) is 5.30. The third-order valence-corrected chi connectivity index (χ3v) is 3.04. The number of hydrogen-bond acceptors (Lipinski definition) is 2. The van der Waals surface area contributed by atoms with Crippen LogP contribution in [-0.4, -0.2) is 29.9 Å². The molecule has 0 aliphatic carbocycles. The average molecular weight is 195 g/mol. The summed E-state index contributed by atoms with van der Waals surface area (Å²) in [4.78, 5) is 1.61. The fraction of sp³-hybridized carbons (Fsp3) is 0.700. The van der Waals surface area contributed by atoms with Crippen LogP contribution in [0.3, 0.4) is 0 Å². The molecular formula is C10H19N4+. The summed E-state index contributed by atoms with van der Waals surface area (Å²) in [7, 11) is 2.24. The third kappa shape index (κ3) is 1.75. The maximum absolute atomic E-state index is 5.90. The van der Waals surface area contributed by atoms with Gasteiger partial charge in [0.1, 0.15) is 5.82 Å². The van der Waals surface area contributed by atoms with E-state index in [4.69, 9.17) is 5.73 Å². The summed E-state index contributed by atoms with van der Waals surface area (Å²) in [5.74, 6) is 0.812. The predicted octanol–water partition coefficient (Wildman–Crippen LogP) is -0.377. The molecule has 1 aromatic rings. The van der Waals surface area contributed by atoms with Crippen LogP contribution in [0.5, 0.6) is 0 Å². The number of piperidine rings is 1. The molecule has 3 N–H and O–H groups in total. The highest BCUT2D eigenvalue weighted by atomic mass is 15.3. The van der Waals surface area contributed by atoms with Gasteiger partial charge in [-0.15, -0.1) is 0 Å². The lowest BCUT2D eigenvalue weighted by molar-refractivity contribution is -0.885. The van der Waals surface area contributed by atoms with E-state index >= 15 is 0 Å². The molecule has 1 aromatic heterocycles. The molecular weight excluding hydrogens is 176 g/mol. The molecule has 1 aliphatic rings. The van der Waals surface area contributed by atoms with Crippen molar-refractivity contribution < 1.29 is 4.90 Å². The van der Waals surface area contributed by atoms with Gasteiger partial charge in [-0.3, -0.25) is 0 Å². The van der Waals surface area contributed by atoms with E-state index in [1.54, 1.807) is 4.90 Å². The lowest BCUT2D eigenvalue weighted by atomic mass is 10.1. The Balaban J connectivity index is 2.11. The number of anilines is 1. The molecule has 1 aliphatic heterocycles. The topological polar surface area (TPSA) is 48.3 Å². The molecule has 14 heavy (non-hydrogen) atoms. The van der Waals surface area contributed by atoms with Crippen molar-refractivity contribution in [3.05, 3.63) is 11.8 Å². The summed E-state index contributed by atoms with van der Waals surface area (Å²) in [5.41, 5.74) is 6.92. The third-order valence-electron chi connectivity index (χ3n) is 3.04. The van der Waals surface area contributed by atoms with Crippen molar-refractivity contribution >= 4 is 5.82 Å². The quantitative estimate of drug-likeness (QED) is 0.642. The number of nitrogens with one attached hydrogen (secondary N) is 1. The van der Waals surface area contributed by atoms with Crippen LogP contribution in [-0.2, 0) is 0 Å². The Kier molecular flexibility index (Phi) is 2.46. The fourth-order valence-electron chi connectivity index (χ4n) is 2.17. The van der Waals surface area contributed by atoms with Crippen LogP contribution >= 0.6 is 0 Å². The number of hydrogen-bond donors (Lipinski definition) is 2. The number of nitrogens with two attached hydrogens (primary N) is 1. The number of rotatable bonds is 1. The smallest absolute Gasteiger partial charge is 0.122 e. The van der Waals surface area contributed by atoms with Gasteiger partial charge >= 0.3 is 0 Å². The highest BCUT2D eigenvalue weighted by Crippen LogP contribution is 2.20. The van der Waals surface area contributed by atoms with E-state index in [0.29, 0.717) is 6.04 Å². The van der Waals surface area contributed by atoms with Crippen LogP contribution in [0.1, 0.15) is 24.6 Å². The molecule has 78 valence electrons. The standard InChI is InChI=1S/C10H18N4/c1-8-7-10(11)14(12-8)9-3-5-13(2)6-4-9/h7,9H,3-6,11H2,1-2H3/p+1. The van der Waals surface area contributed by atoms with E-state index in [1.807, 2.05) is 17.7 Å². The largest absolute Gasteiger partial charge is 0.384 e. The van der Waals surface area contributed by atoms with Crippen molar-refractivity contribution in [2.75, 3.05) is 25.9 Å². The van der Waals surface area contributed by atoms with Gasteiger partial charge in [-0.1, -0.05) is 0 Å². The molecule has 0 saturated carbocycles. The number of nitrogens with zero attached hydrogens (tertiary/aromatic N) is 2. The summed E-state index contributed by atoms with van der Waals surface area (Å²) in [6, 6.07) is 2.47. The number of nitrogen functional groups attached to an aromatic ring is 1.